The predicted molar refractivity (Wildman–Crippen MR) is 93.5 cm³/mol. The Labute approximate surface area is 150 Å². The first-order valence-electron chi connectivity index (χ1n) is 8.31. The number of aryl methyl sites for hydroxylation is 1. The summed E-state index contributed by atoms with van der Waals surface area (Å²) in [5, 5.41) is 8.28. The van der Waals surface area contributed by atoms with Gasteiger partial charge in [0.1, 0.15) is 12.1 Å². The number of carbonyl (C=O) groups is 2. The summed E-state index contributed by atoms with van der Waals surface area (Å²) in [6.45, 7) is 2.40. The van der Waals surface area contributed by atoms with Crippen molar-refractivity contribution >= 4 is 22.8 Å². The number of carbonyl (C=O) groups excluding carboxylic acids is 2. The van der Waals surface area contributed by atoms with Crippen molar-refractivity contribution in [2.45, 2.75) is 19.9 Å². The van der Waals surface area contributed by atoms with Crippen LogP contribution in [0.3, 0.4) is 0 Å². The molecule has 1 heterocycles. The van der Waals surface area contributed by atoms with Gasteiger partial charge in [-0.1, -0.05) is 17.3 Å². The number of methoxy groups -OCH3 is 1. The lowest BCUT2D eigenvalue weighted by Crippen LogP contribution is -2.39. The van der Waals surface area contributed by atoms with Gasteiger partial charge < -0.3 is 14.4 Å². The lowest BCUT2D eigenvalue weighted by molar-refractivity contribution is -0.149. The van der Waals surface area contributed by atoms with Crippen molar-refractivity contribution in [3.63, 3.8) is 0 Å². The van der Waals surface area contributed by atoms with Gasteiger partial charge in [0, 0.05) is 20.1 Å². The number of rotatable bonds is 9. The SMILES string of the molecule is CCOC(=O)CN(CCOC)C(=O)CCn1nnc2ccccc2c1=O. The van der Waals surface area contributed by atoms with E-state index in [4.69, 9.17) is 9.47 Å². The van der Waals surface area contributed by atoms with Crippen LogP contribution >= 0.6 is 0 Å². The summed E-state index contributed by atoms with van der Waals surface area (Å²) in [5.41, 5.74) is 0.196. The van der Waals surface area contributed by atoms with Gasteiger partial charge in [-0.05, 0) is 19.1 Å². The minimum atomic E-state index is -0.486. The van der Waals surface area contributed by atoms with Crippen LogP contribution in [0.2, 0.25) is 0 Å². The van der Waals surface area contributed by atoms with Crippen molar-refractivity contribution < 1.29 is 19.1 Å². The Hall–Kier alpha value is -2.81. The third-order valence-electron chi connectivity index (χ3n) is 3.71. The molecule has 1 amide bonds. The van der Waals surface area contributed by atoms with Gasteiger partial charge in [0.05, 0.1) is 25.1 Å². The van der Waals surface area contributed by atoms with Gasteiger partial charge in [0.2, 0.25) is 5.91 Å². The number of ether oxygens (including phenoxy) is 2. The number of nitrogens with zero attached hydrogens (tertiary/aromatic N) is 4. The highest BCUT2D eigenvalue weighted by Gasteiger charge is 2.18. The van der Waals surface area contributed by atoms with Gasteiger partial charge in [0.15, 0.2) is 0 Å². The van der Waals surface area contributed by atoms with E-state index >= 15 is 0 Å². The van der Waals surface area contributed by atoms with Crippen molar-refractivity contribution in [3.05, 3.63) is 34.6 Å². The molecule has 0 aliphatic rings. The predicted octanol–water partition coefficient (Wildman–Crippen LogP) is 0.220. The molecule has 2 aromatic rings. The van der Waals surface area contributed by atoms with Gasteiger partial charge in [-0.2, -0.15) is 0 Å². The summed E-state index contributed by atoms with van der Waals surface area (Å²) >= 11 is 0. The molecule has 26 heavy (non-hydrogen) atoms. The highest BCUT2D eigenvalue weighted by molar-refractivity contribution is 5.82. The Bertz CT molecular complexity index is 820. The van der Waals surface area contributed by atoms with Crippen LogP contribution in [0, 0.1) is 0 Å². The molecule has 0 fully saturated rings. The van der Waals surface area contributed by atoms with Crippen LogP contribution in [0.25, 0.3) is 10.9 Å². The number of aromatic nitrogens is 3. The molecule has 0 saturated heterocycles. The first-order valence-corrected chi connectivity index (χ1v) is 8.31. The van der Waals surface area contributed by atoms with Gasteiger partial charge in [-0.15, -0.1) is 5.10 Å². The van der Waals surface area contributed by atoms with E-state index < -0.39 is 5.97 Å². The molecule has 0 radical (unpaired) electrons. The van der Waals surface area contributed by atoms with Crippen LogP contribution in [-0.4, -0.2) is 65.2 Å². The Kier molecular flexibility index (Phi) is 7.22. The van der Waals surface area contributed by atoms with Crippen LogP contribution in [-0.2, 0) is 25.6 Å². The highest BCUT2D eigenvalue weighted by Crippen LogP contribution is 2.04. The fraction of sp³-hybridized carbons (Fsp3) is 0.471. The molecule has 1 aromatic carbocycles. The highest BCUT2D eigenvalue weighted by atomic mass is 16.5. The van der Waals surface area contributed by atoms with Gasteiger partial charge in [0.25, 0.3) is 5.56 Å². The van der Waals surface area contributed by atoms with Gasteiger partial charge in [-0.3, -0.25) is 14.4 Å². The van der Waals surface area contributed by atoms with Crippen LogP contribution in [0.4, 0.5) is 0 Å². The molecular formula is C17H22N4O5. The maximum atomic E-state index is 12.4. The second-order valence-electron chi connectivity index (χ2n) is 5.50. The Morgan fingerprint density at radius 2 is 2.04 bits per heavy atom. The molecule has 0 spiro atoms. The monoisotopic (exact) mass is 362 g/mol. The Morgan fingerprint density at radius 1 is 1.27 bits per heavy atom. The van der Waals surface area contributed by atoms with E-state index in [9.17, 15) is 14.4 Å². The molecule has 9 heteroatoms. The van der Waals surface area contributed by atoms with Crippen molar-refractivity contribution in [3.8, 4) is 0 Å². The molecule has 0 unspecified atom stereocenters. The minimum Gasteiger partial charge on any atom is -0.465 e. The third-order valence-corrected chi connectivity index (χ3v) is 3.71. The smallest absolute Gasteiger partial charge is 0.325 e. The molecule has 140 valence electrons. The quantitative estimate of drug-likeness (QED) is 0.588. The number of esters is 1. The lowest BCUT2D eigenvalue weighted by atomic mass is 10.2. The average molecular weight is 362 g/mol. The lowest BCUT2D eigenvalue weighted by Gasteiger charge is -2.21. The molecule has 0 aliphatic heterocycles. The molecular weight excluding hydrogens is 340 g/mol. The molecule has 0 atom stereocenters. The van der Waals surface area contributed by atoms with Crippen molar-refractivity contribution in [1.82, 2.24) is 19.9 Å². The topological polar surface area (TPSA) is 104 Å². The van der Waals surface area contributed by atoms with Crippen molar-refractivity contribution in [2.75, 3.05) is 33.4 Å². The molecule has 1 aromatic heterocycles. The van der Waals surface area contributed by atoms with E-state index in [1.807, 2.05) is 0 Å². The number of benzene rings is 1. The summed E-state index contributed by atoms with van der Waals surface area (Å²) < 4.78 is 11.0. The number of fused-ring (bicyclic) bond motifs is 1. The number of amides is 1. The molecule has 9 nitrogen and oxygen atoms in total. The zero-order valence-electron chi connectivity index (χ0n) is 14.9. The summed E-state index contributed by atoms with van der Waals surface area (Å²) in [6.07, 6.45) is 0.00997. The largest absolute Gasteiger partial charge is 0.465 e. The van der Waals surface area contributed by atoms with Crippen LogP contribution in [0.5, 0.6) is 0 Å². The average Bonchev–Trinajstić information content (AvgIpc) is 2.64. The van der Waals surface area contributed by atoms with Crippen molar-refractivity contribution in [1.29, 1.82) is 0 Å². The van der Waals surface area contributed by atoms with E-state index in [0.29, 0.717) is 17.5 Å². The molecule has 0 N–H and O–H groups in total. The fourth-order valence-corrected chi connectivity index (χ4v) is 2.39. The summed E-state index contributed by atoms with van der Waals surface area (Å²) in [4.78, 5) is 37.8. The van der Waals surface area contributed by atoms with E-state index in [1.54, 1.807) is 31.2 Å². The number of hydrogen-bond donors (Lipinski definition) is 0. The fourth-order valence-electron chi connectivity index (χ4n) is 2.39. The van der Waals surface area contributed by atoms with E-state index in [2.05, 4.69) is 10.3 Å². The van der Waals surface area contributed by atoms with Gasteiger partial charge in [-0.25, -0.2) is 4.68 Å². The standard InChI is InChI=1S/C17H22N4O5/c1-3-26-16(23)12-20(10-11-25-2)15(22)8-9-21-17(24)13-6-4-5-7-14(13)18-19-21/h4-7H,3,8-12H2,1-2H3. The maximum Gasteiger partial charge on any atom is 0.325 e. The Morgan fingerprint density at radius 3 is 2.77 bits per heavy atom. The summed E-state index contributed by atoms with van der Waals surface area (Å²) in [5.74, 6) is -0.781. The number of hydrogen-bond acceptors (Lipinski definition) is 7. The van der Waals surface area contributed by atoms with E-state index in [1.165, 1.54) is 12.0 Å². The zero-order chi connectivity index (χ0) is 18.9. The van der Waals surface area contributed by atoms with Crippen molar-refractivity contribution in [2.24, 2.45) is 0 Å². The molecule has 2 rings (SSSR count). The minimum absolute atomic E-state index is 0.00997. The first kappa shape index (κ1) is 19.5. The second kappa shape index (κ2) is 9.62. The van der Waals surface area contributed by atoms with Gasteiger partial charge >= 0.3 is 5.97 Å². The maximum absolute atomic E-state index is 12.4. The Balaban J connectivity index is 2.05. The van der Waals surface area contributed by atoms with Crippen LogP contribution < -0.4 is 5.56 Å². The molecule has 0 saturated carbocycles. The first-order chi connectivity index (χ1) is 12.6. The summed E-state index contributed by atoms with van der Waals surface area (Å²) in [7, 11) is 1.51. The van der Waals surface area contributed by atoms with E-state index in [-0.39, 0.29) is 44.1 Å². The molecule has 0 aliphatic carbocycles. The van der Waals surface area contributed by atoms with Crippen LogP contribution in [0.15, 0.2) is 29.1 Å². The third kappa shape index (κ3) is 5.09. The molecule has 0 bridgehead atoms. The van der Waals surface area contributed by atoms with E-state index in [0.717, 1.165) is 4.68 Å². The normalized spacial score (nSPS) is 10.7. The van der Waals surface area contributed by atoms with Crippen LogP contribution in [0.1, 0.15) is 13.3 Å². The second-order valence-corrected chi connectivity index (χ2v) is 5.50. The summed E-state index contributed by atoms with van der Waals surface area (Å²) in [6, 6.07) is 6.88. The zero-order valence-corrected chi connectivity index (χ0v) is 14.9.